The van der Waals surface area contributed by atoms with Gasteiger partial charge in [-0.15, -0.1) is 0 Å². The highest BCUT2D eigenvalue weighted by Crippen LogP contribution is 2.59. The molecule has 4 heterocycles. The van der Waals surface area contributed by atoms with E-state index in [0.29, 0.717) is 51.4 Å². The molecule has 8 unspecified atom stereocenters. The van der Waals surface area contributed by atoms with Gasteiger partial charge in [0.05, 0.1) is 28.4 Å². The summed E-state index contributed by atoms with van der Waals surface area (Å²) in [5.74, 6) is -1.82. The summed E-state index contributed by atoms with van der Waals surface area (Å²) in [6.07, 6.45) is 6.77. The third-order valence-electron chi connectivity index (χ3n) is 12.1. The van der Waals surface area contributed by atoms with E-state index in [1.165, 1.54) is 0 Å². The summed E-state index contributed by atoms with van der Waals surface area (Å²) in [7, 11) is -3.84. The second-order valence-corrected chi connectivity index (χ2v) is 19.2. The first-order valence-corrected chi connectivity index (χ1v) is 19.1. The zero-order chi connectivity index (χ0) is 35.6. The monoisotopic (exact) mass is 695 g/mol. The summed E-state index contributed by atoms with van der Waals surface area (Å²) in [5, 5.41) is 0. The maximum Gasteiger partial charge on any atom is 0.312 e. The van der Waals surface area contributed by atoms with E-state index in [0.717, 1.165) is 25.7 Å². The number of amides is 1. The van der Waals surface area contributed by atoms with E-state index in [1.54, 1.807) is 13.8 Å². The Kier molecular flexibility index (Phi) is 9.34. The topological polar surface area (TPSA) is 168 Å². The van der Waals surface area contributed by atoms with Crippen LogP contribution in [-0.4, -0.2) is 67.9 Å². The summed E-state index contributed by atoms with van der Waals surface area (Å²) < 4.78 is 49.5. The fraction of sp³-hybridized carbons (Fsp3) is 0.857. The Morgan fingerprint density at radius 1 is 0.792 bits per heavy atom. The standard InChI is InChI=1S/C18H27NO7S.C17H26O4/c1-4-16(2,3)15(22)26-18-6-12-5-17(9-18,10-27(23,24)19-11-20)7-13(8-18)25-14(12)21;1-5-15(2,3)14(19)21-17-7-11-6-16(4,10-17)8-12(9-17)20-13(11)18/h11-13H,4-10H2,1-3H3,(H,19,20);11-12H,5-10H2,1-4H3. The molecule has 12 nitrogen and oxygen atoms in total. The number of hydrogen-bond donors (Lipinski definition) is 1. The van der Waals surface area contributed by atoms with E-state index in [2.05, 4.69) is 6.92 Å². The zero-order valence-corrected chi connectivity index (χ0v) is 30.3. The van der Waals surface area contributed by atoms with Crippen molar-refractivity contribution in [2.24, 2.45) is 33.5 Å². The molecular weight excluding hydrogens is 642 g/mol. The Morgan fingerprint density at radius 3 is 1.77 bits per heavy atom. The predicted molar refractivity (Wildman–Crippen MR) is 172 cm³/mol. The molecule has 1 amide bonds. The van der Waals surface area contributed by atoms with Crippen molar-refractivity contribution < 1.29 is 51.3 Å². The molecule has 0 aromatic carbocycles. The van der Waals surface area contributed by atoms with Gasteiger partial charge < -0.3 is 18.9 Å². The molecule has 8 bridgehead atoms. The normalized spacial score (nSPS) is 38.1. The van der Waals surface area contributed by atoms with Gasteiger partial charge in [-0.2, -0.15) is 0 Å². The maximum atomic E-state index is 12.7. The molecule has 4 saturated carbocycles. The molecule has 4 aliphatic carbocycles. The minimum absolute atomic E-state index is 0.0641. The zero-order valence-electron chi connectivity index (χ0n) is 29.5. The molecule has 8 rings (SSSR count). The third-order valence-corrected chi connectivity index (χ3v) is 13.6. The molecule has 4 saturated heterocycles. The molecule has 8 atom stereocenters. The highest BCUT2D eigenvalue weighted by Gasteiger charge is 2.62. The number of esters is 4. The van der Waals surface area contributed by atoms with E-state index in [1.807, 2.05) is 32.4 Å². The summed E-state index contributed by atoms with van der Waals surface area (Å²) in [5.41, 5.74) is -3.22. The van der Waals surface area contributed by atoms with Crippen molar-refractivity contribution in [2.75, 3.05) is 5.75 Å². The lowest BCUT2D eigenvalue weighted by atomic mass is 9.57. The lowest BCUT2D eigenvalue weighted by Gasteiger charge is -2.52. The number of fused-ring (bicyclic) bond motifs is 2. The van der Waals surface area contributed by atoms with Crippen LogP contribution < -0.4 is 4.72 Å². The van der Waals surface area contributed by atoms with E-state index in [9.17, 15) is 32.4 Å². The summed E-state index contributed by atoms with van der Waals surface area (Å²) >= 11 is 0. The first-order chi connectivity index (χ1) is 22.1. The lowest BCUT2D eigenvalue weighted by molar-refractivity contribution is -0.191. The quantitative estimate of drug-likeness (QED) is 0.194. The van der Waals surface area contributed by atoms with Crippen molar-refractivity contribution >= 4 is 40.3 Å². The smallest absolute Gasteiger partial charge is 0.312 e. The van der Waals surface area contributed by atoms with Crippen molar-refractivity contribution in [2.45, 2.75) is 149 Å². The largest absolute Gasteiger partial charge is 0.462 e. The molecule has 13 heteroatoms. The van der Waals surface area contributed by atoms with Gasteiger partial charge >= 0.3 is 23.9 Å². The second kappa shape index (κ2) is 12.3. The van der Waals surface area contributed by atoms with Gasteiger partial charge in [-0.3, -0.25) is 28.7 Å². The van der Waals surface area contributed by atoms with Gasteiger partial charge in [-0.05, 0) is 89.9 Å². The number of hydrogen-bond acceptors (Lipinski definition) is 11. The predicted octanol–water partition coefficient (Wildman–Crippen LogP) is 4.52. The first kappa shape index (κ1) is 36.6. The van der Waals surface area contributed by atoms with E-state index in [-0.39, 0.29) is 53.5 Å². The van der Waals surface area contributed by atoms with Crippen molar-refractivity contribution in [1.82, 2.24) is 4.72 Å². The number of sulfonamides is 1. The van der Waals surface area contributed by atoms with Crippen LogP contribution in [-0.2, 0) is 52.9 Å². The van der Waals surface area contributed by atoms with Crippen LogP contribution in [0.2, 0.25) is 0 Å². The Labute approximate surface area is 284 Å². The fourth-order valence-corrected chi connectivity index (χ4v) is 10.8. The number of nitrogens with one attached hydrogen (secondary N) is 1. The Bertz CT molecular complexity index is 1460. The Balaban J connectivity index is 0.000000194. The van der Waals surface area contributed by atoms with Crippen LogP contribution >= 0.6 is 0 Å². The van der Waals surface area contributed by atoms with Crippen LogP contribution in [0, 0.1) is 33.5 Å². The van der Waals surface area contributed by atoms with Gasteiger partial charge in [-0.25, -0.2) is 8.42 Å². The lowest BCUT2D eigenvalue weighted by Crippen LogP contribution is -2.56. The average molecular weight is 696 g/mol. The van der Waals surface area contributed by atoms with E-state index < -0.39 is 49.5 Å². The van der Waals surface area contributed by atoms with Crippen LogP contribution in [0.5, 0.6) is 0 Å². The molecule has 8 aliphatic rings. The van der Waals surface area contributed by atoms with Gasteiger partial charge in [0.15, 0.2) is 0 Å². The summed E-state index contributed by atoms with van der Waals surface area (Å²) in [6.45, 7) is 13.6. The number of rotatable bonds is 10. The third kappa shape index (κ3) is 7.26. The van der Waals surface area contributed by atoms with Crippen molar-refractivity contribution in [3.63, 3.8) is 0 Å². The van der Waals surface area contributed by atoms with Crippen LogP contribution in [0.15, 0.2) is 0 Å². The molecule has 0 radical (unpaired) electrons. The molecule has 1 N–H and O–H groups in total. The van der Waals surface area contributed by atoms with Crippen LogP contribution in [0.3, 0.4) is 0 Å². The van der Waals surface area contributed by atoms with E-state index >= 15 is 0 Å². The van der Waals surface area contributed by atoms with Crippen LogP contribution in [0.25, 0.3) is 0 Å². The van der Waals surface area contributed by atoms with Gasteiger partial charge in [0.25, 0.3) is 0 Å². The van der Waals surface area contributed by atoms with Crippen molar-refractivity contribution in [1.29, 1.82) is 0 Å². The average Bonchev–Trinajstić information content (AvgIpc) is 3.19. The first-order valence-electron chi connectivity index (χ1n) is 17.4. The van der Waals surface area contributed by atoms with Gasteiger partial charge in [-0.1, -0.05) is 20.8 Å². The fourth-order valence-electron chi connectivity index (χ4n) is 9.44. The minimum Gasteiger partial charge on any atom is -0.462 e. The molecule has 0 aromatic heterocycles. The van der Waals surface area contributed by atoms with Crippen LogP contribution in [0.1, 0.15) is 126 Å². The maximum absolute atomic E-state index is 12.7. The number of ether oxygens (including phenoxy) is 4. The van der Waals surface area contributed by atoms with Gasteiger partial charge in [0, 0.05) is 25.7 Å². The summed E-state index contributed by atoms with van der Waals surface area (Å²) in [6, 6.07) is 0. The molecule has 4 aliphatic heterocycles. The highest BCUT2D eigenvalue weighted by molar-refractivity contribution is 7.90. The Morgan fingerprint density at radius 2 is 1.27 bits per heavy atom. The van der Waals surface area contributed by atoms with Crippen molar-refractivity contribution in [3.05, 3.63) is 0 Å². The molecular formula is C35H53NO11S. The highest BCUT2D eigenvalue weighted by atomic mass is 32.2. The molecule has 8 fully saturated rings. The molecule has 0 spiro atoms. The molecule has 270 valence electrons. The van der Waals surface area contributed by atoms with Gasteiger partial charge in [0.1, 0.15) is 23.4 Å². The van der Waals surface area contributed by atoms with Gasteiger partial charge in [0.2, 0.25) is 16.4 Å². The molecule has 48 heavy (non-hydrogen) atoms. The summed E-state index contributed by atoms with van der Waals surface area (Å²) in [4.78, 5) is 60.4. The number of carbonyl (C=O) groups excluding carboxylic acids is 5. The SMILES string of the molecule is CCC(C)(C)C(=O)OC12CC3CC(C)(CC(C1)C(=O)O3)C2.CCC(C)(C)C(=O)OC12CC3CC(CS(=O)(=O)NC=O)(CC(C1)C(=O)O3)C2. The van der Waals surface area contributed by atoms with Crippen LogP contribution in [0.4, 0.5) is 0 Å². The number of carbonyl (C=O) groups is 5. The van der Waals surface area contributed by atoms with Crippen molar-refractivity contribution in [3.8, 4) is 0 Å². The molecule has 0 aromatic rings. The van der Waals surface area contributed by atoms with E-state index in [4.69, 9.17) is 18.9 Å². The minimum atomic E-state index is -3.84. The Hall–Kier alpha value is -2.70. The second-order valence-electron chi connectivity index (χ2n) is 17.4.